The Balaban J connectivity index is 2.92. The first-order valence-electron chi connectivity index (χ1n) is 6.41. The van der Waals surface area contributed by atoms with E-state index in [-0.39, 0.29) is 0 Å². The van der Waals surface area contributed by atoms with E-state index < -0.39 is 0 Å². The molecule has 0 unspecified atom stereocenters. The minimum Gasteiger partial charge on any atom is -0.490 e. The summed E-state index contributed by atoms with van der Waals surface area (Å²) in [6.07, 6.45) is 0. The molecule has 0 bridgehead atoms. The van der Waals surface area contributed by atoms with Crippen molar-refractivity contribution in [1.82, 2.24) is 5.32 Å². The van der Waals surface area contributed by atoms with Gasteiger partial charge >= 0.3 is 0 Å². The minimum atomic E-state index is 0.517. The van der Waals surface area contributed by atoms with Gasteiger partial charge in [-0.15, -0.1) is 0 Å². The summed E-state index contributed by atoms with van der Waals surface area (Å²) in [5.41, 5.74) is 2.11. The van der Waals surface area contributed by atoms with Gasteiger partial charge in [-0.2, -0.15) is 0 Å². The van der Waals surface area contributed by atoms with Gasteiger partial charge in [-0.3, -0.25) is 0 Å². The standard InChI is InChI=1S/C15H23NO2/c1-5-16-10-13-8-7-9-14(17-6-2)15(13)18-11-12(3)4/h7-9,16H,3,5-6,10-11H2,1-2,4H3. The van der Waals surface area contributed by atoms with E-state index in [1.54, 1.807) is 0 Å². The lowest BCUT2D eigenvalue weighted by Gasteiger charge is -2.16. The molecule has 0 saturated heterocycles. The van der Waals surface area contributed by atoms with Crippen LogP contribution in [0.5, 0.6) is 11.5 Å². The quantitative estimate of drug-likeness (QED) is 0.718. The van der Waals surface area contributed by atoms with Gasteiger partial charge in [0.2, 0.25) is 0 Å². The molecule has 100 valence electrons. The molecule has 18 heavy (non-hydrogen) atoms. The van der Waals surface area contributed by atoms with E-state index in [4.69, 9.17) is 9.47 Å². The van der Waals surface area contributed by atoms with Crippen LogP contribution in [0.3, 0.4) is 0 Å². The maximum Gasteiger partial charge on any atom is 0.166 e. The summed E-state index contributed by atoms with van der Waals surface area (Å²) in [7, 11) is 0. The molecule has 0 aromatic heterocycles. The maximum absolute atomic E-state index is 5.81. The van der Waals surface area contributed by atoms with Gasteiger partial charge in [0.1, 0.15) is 6.61 Å². The third-order valence-electron chi connectivity index (χ3n) is 2.39. The van der Waals surface area contributed by atoms with Crippen LogP contribution in [0, 0.1) is 0 Å². The highest BCUT2D eigenvalue weighted by Crippen LogP contribution is 2.31. The third kappa shape index (κ3) is 4.41. The van der Waals surface area contributed by atoms with Gasteiger partial charge in [0.25, 0.3) is 0 Å². The first-order valence-corrected chi connectivity index (χ1v) is 6.41. The lowest BCUT2D eigenvalue weighted by Crippen LogP contribution is -2.13. The Morgan fingerprint density at radius 1 is 1.28 bits per heavy atom. The van der Waals surface area contributed by atoms with E-state index in [1.807, 2.05) is 26.0 Å². The lowest BCUT2D eigenvalue weighted by atomic mass is 10.2. The van der Waals surface area contributed by atoms with Crippen molar-refractivity contribution < 1.29 is 9.47 Å². The summed E-state index contributed by atoms with van der Waals surface area (Å²) >= 11 is 0. The Labute approximate surface area is 110 Å². The molecule has 0 heterocycles. The highest BCUT2D eigenvalue weighted by Gasteiger charge is 2.10. The van der Waals surface area contributed by atoms with Gasteiger partial charge in [-0.05, 0) is 32.0 Å². The van der Waals surface area contributed by atoms with Crippen molar-refractivity contribution in [2.24, 2.45) is 0 Å². The van der Waals surface area contributed by atoms with Crippen molar-refractivity contribution in [2.75, 3.05) is 19.8 Å². The molecule has 0 aliphatic rings. The third-order valence-corrected chi connectivity index (χ3v) is 2.39. The first kappa shape index (κ1) is 14.6. The van der Waals surface area contributed by atoms with Crippen LogP contribution in [0.15, 0.2) is 30.4 Å². The lowest BCUT2D eigenvalue weighted by molar-refractivity contribution is 0.290. The largest absolute Gasteiger partial charge is 0.490 e. The SMILES string of the molecule is C=C(C)COc1c(CNCC)cccc1OCC. The molecule has 1 rings (SSSR count). The van der Waals surface area contributed by atoms with Gasteiger partial charge in [0, 0.05) is 12.1 Å². The number of ether oxygens (including phenoxy) is 2. The van der Waals surface area contributed by atoms with Crippen LogP contribution >= 0.6 is 0 Å². The Kier molecular flexibility index (Phi) is 6.29. The molecule has 0 atom stereocenters. The maximum atomic E-state index is 5.81. The highest BCUT2D eigenvalue weighted by molar-refractivity contribution is 5.46. The minimum absolute atomic E-state index is 0.517. The van der Waals surface area contributed by atoms with Crippen molar-refractivity contribution >= 4 is 0 Å². The monoisotopic (exact) mass is 249 g/mol. The summed E-state index contributed by atoms with van der Waals surface area (Å²) in [6, 6.07) is 5.98. The van der Waals surface area contributed by atoms with E-state index in [2.05, 4.69) is 24.9 Å². The molecule has 0 radical (unpaired) electrons. The number of nitrogens with one attached hydrogen (secondary N) is 1. The van der Waals surface area contributed by atoms with E-state index in [9.17, 15) is 0 Å². The summed E-state index contributed by atoms with van der Waals surface area (Å²) in [6.45, 7) is 12.7. The Morgan fingerprint density at radius 3 is 2.67 bits per heavy atom. The molecule has 0 fully saturated rings. The summed E-state index contributed by atoms with van der Waals surface area (Å²) in [5.74, 6) is 1.62. The fourth-order valence-corrected chi connectivity index (χ4v) is 1.59. The Hall–Kier alpha value is -1.48. The topological polar surface area (TPSA) is 30.5 Å². The van der Waals surface area contributed by atoms with Gasteiger partial charge in [-0.25, -0.2) is 0 Å². The van der Waals surface area contributed by atoms with Gasteiger partial charge in [-0.1, -0.05) is 25.6 Å². The average Bonchev–Trinajstić information content (AvgIpc) is 2.35. The van der Waals surface area contributed by atoms with Gasteiger partial charge in [0.05, 0.1) is 6.61 Å². The fourth-order valence-electron chi connectivity index (χ4n) is 1.59. The Bertz CT molecular complexity index is 388. The normalized spacial score (nSPS) is 10.2. The summed E-state index contributed by atoms with van der Waals surface area (Å²) in [4.78, 5) is 0. The van der Waals surface area contributed by atoms with Crippen LogP contribution in [0.25, 0.3) is 0 Å². The molecule has 3 nitrogen and oxygen atoms in total. The van der Waals surface area contributed by atoms with Crippen molar-refractivity contribution in [3.05, 3.63) is 35.9 Å². The molecule has 1 N–H and O–H groups in total. The number of hydrogen-bond donors (Lipinski definition) is 1. The fraction of sp³-hybridized carbons (Fsp3) is 0.467. The molecule has 0 spiro atoms. The molecule has 0 aliphatic heterocycles. The number of para-hydroxylation sites is 1. The second-order valence-corrected chi connectivity index (χ2v) is 4.20. The van der Waals surface area contributed by atoms with Crippen molar-refractivity contribution in [3.63, 3.8) is 0 Å². The van der Waals surface area contributed by atoms with Crippen molar-refractivity contribution in [1.29, 1.82) is 0 Å². The van der Waals surface area contributed by atoms with E-state index >= 15 is 0 Å². The molecule has 0 saturated carbocycles. The number of rotatable bonds is 8. The molecular weight excluding hydrogens is 226 g/mol. The molecule has 1 aromatic rings. The number of hydrogen-bond acceptors (Lipinski definition) is 3. The molecule has 1 aromatic carbocycles. The van der Waals surface area contributed by atoms with Crippen LogP contribution < -0.4 is 14.8 Å². The number of benzene rings is 1. The molecule has 0 aliphatic carbocycles. The van der Waals surface area contributed by atoms with Crippen molar-refractivity contribution in [3.8, 4) is 11.5 Å². The smallest absolute Gasteiger partial charge is 0.166 e. The Morgan fingerprint density at radius 2 is 2.06 bits per heavy atom. The molecular formula is C15H23NO2. The van der Waals surface area contributed by atoms with Crippen LogP contribution in [-0.2, 0) is 6.54 Å². The molecule has 0 amide bonds. The van der Waals surface area contributed by atoms with E-state index in [1.165, 1.54) is 0 Å². The van der Waals surface area contributed by atoms with E-state index in [0.717, 1.165) is 35.7 Å². The zero-order valence-electron chi connectivity index (χ0n) is 11.6. The second kappa shape index (κ2) is 7.77. The van der Waals surface area contributed by atoms with Crippen molar-refractivity contribution in [2.45, 2.75) is 27.3 Å². The van der Waals surface area contributed by atoms with Crippen LogP contribution in [0.1, 0.15) is 26.3 Å². The first-order chi connectivity index (χ1) is 8.69. The van der Waals surface area contributed by atoms with Crippen LogP contribution in [-0.4, -0.2) is 19.8 Å². The zero-order valence-corrected chi connectivity index (χ0v) is 11.6. The average molecular weight is 249 g/mol. The predicted molar refractivity (Wildman–Crippen MR) is 75.3 cm³/mol. The van der Waals surface area contributed by atoms with Crippen LogP contribution in [0.4, 0.5) is 0 Å². The summed E-state index contributed by atoms with van der Waals surface area (Å²) < 4.78 is 11.4. The molecule has 3 heteroatoms. The second-order valence-electron chi connectivity index (χ2n) is 4.20. The van der Waals surface area contributed by atoms with E-state index in [0.29, 0.717) is 13.2 Å². The predicted octanol–water partition coefficient (Wildman–Crippen LogP) is 3.15. The van der Waals surface area contributed by atoms with Crippen LogP contribution in [0.2, 0.25) is 0 Å². The zero-order chi connectivity index (χ0) is 13.4. The van der Waals surface area contributed by atoms with Gasteiger partial charge in [0.15, 0.2) is 11.5 Å². The highest BCUT2D eigenvalue weighted by atomic mass is 16.5. The van der Waals surface area contributed by atoms with Gasteiger partial charge < -0.3 is 14.8 Å². The summed E-state index contributed by atoms with van der Waals surface area (Å²) in [5, 5.41) is 3.30.